The fraction of sp³-hybridized carbons (Fsp3) is 0.968. The molecule has 2 atom stereocenters. The van der Waals surface area contributed by atoms with Crippen LogP contribution in [0.4, 0.5) is 0 Å². The van der Waals surface area contributed by atoms with Crippen LogP contribution in [0.15, 0.2) is 0 Å². The highest BCUT2D eigenvalue weighted by atomic mass is 16.5. The molecule has 1 amide bonds. The van der Waals surface area contributed by atoms with Gasteiger partial charge < -0.3 is 20.3 Å². The number of nitrogens with one attached hydrogen (secondary N) is 1. The Bertz CT molecular complexity index is 990. The Kier molecular flexibility index (Phi) is 58.4. The van der Waals surface area contributed by atoms with Crippen LogP contribution in [-0.2, 0) is 14.3 Å². The minimum atomic E-state index is -0.677. The molecule has 0 saturated heterocycles. The van der Waals surface area contributed by atoms with Crippen molar-refractivity contribution in [2.75, 3.05) is 13.2 Å². The number of amides is 1. The first-order valence-corrected chi connectivity index (χ1v) is 31.8. The molecule has 0 aliphatic heterocycles. The number of aliphatic hydroxyl groups is 2. The van der Waals surface area contributed by atoms with Crippen molar-refractivity contribution in [3.05, 3.63) is 0 Å². The topological polar surface area (TPSA) is 95.9 Å². The summed E-state index contributed by atoms with van der Waals surface area (Å²) < 4.78 is 5.48. The Morgan fingerprint density at radius 3 is 0.884 bits per heavy atom. The zero-order chi connectivity index (χ0) is 50.0. The number of esters is 1. The van der Waals surface area contributed by atoms with Crippen LogP contribution in [0.2, 0.25) is 0 Å². The highest BCUT2D eigenvalue weighted by Crippen LogP contribution is 2.19. The Morgan fingerprint density at radius 2 is 0.594 bits per heavy atom. The van der Waals surface area contributed by atoms with Gasteiger partial charge in [-0.25, -0.2) is 0 Å². The highest BCUT2D eigenvalue weighted by Gasteiger charge is 2.20. The Morgan fingerprint density at radius 1 is 0.348 bits per heavy atom. The van der Waals surface area contributed by atoms with Crippen molar-refractivity contribution in [3.63, 3.8) is 0 Å². The number of hydrogen-bond donors (Lipinski definition) is 3. The van der Waals surface area contributed by atoms with E-state index in [0.717, 1.165) is 57.8 Å². The molecule has 0 fully saturated rings. The standard InChI is InChI=1S/C63H125NO5/c1-3-5-7-9-11-13-15-17-19-21-22-23-24-25-26-27-28-29-30-32-35-39-43-47-51-55-61(66)60(59-65)64-62(67)56-52-48-44-40-36-34-38-42-46-50-54-58-69-63(68)57-53-49-45-41-37-33-31-20-18-16-14-12-10-8-6-4-2/h60-61,65-66H,3-59H2,1-2H3,(H,64,67). The molecule has 0 bridgehead atoms. The van der Waals surface area contributed by atoms with Gasteiger partial charge in [-0.3, -0.25) is 9.59 Å². The first kappa shape index (κ1) is 67.9. The second-order valence-electron chi connectivity index (χ2n) is 22.1. The van der Waals surface area contributed by atoms with Crippen LogP contribution in [0, 0.1) is 0 Å². The van der Waals surface area contributed by atoms with E-state index in [1.807, 2.05) is 0 Å². The van der Waals surface area contributed by atoms with Crippen LogP contribution in [0.1, 0.15) is 367 Å². The lowest BCUT2D eigenvalue weighted by Gasteiger charge is -2.22. The van der Waals surface area contributed by atoms with E-state index in [4.69, 9.17) is 4.74 Å². The van der Waals surface area contributed by atoms with E-state index in [2.05, 4.69) is 19.2 Å². The van der Waals surface area contributed by atoms with Crippen LogP contribution in [-0.4, -0.2) is 47.4 Å². The van der Waals surface area contributed by atoms with Gasteiger partial charge in [-0.2, -0.15) is 0 Å². The molecule has 0 aromatic heterocycles. The second kappa shape index (κ2) is 59.4. The molecule has 2 unspecified atom stereocenters. The van der Waals surface area contributed by atoms with Gasteiger partial charge in [-0.15, -0.1) is 0 Å². The molecule has 3 N–H and O–H groups in total. The van der Waals surface area contributed by atoms with Gasteiger partial charge in [-0.1, -0.05) is 328 Å². The normalized spacial score (nSPS) is 12.5. The van der Waals surface area contributed by atoms with Crippen LogP contribution in [0.3, 0.4) is 0 Å². The maximum Gasteiger partial charge on any atom is 0.305 e. The number of aliphatic hydroxyl groups excluding tert-OH is 2. The van der Waals surface area contributed by atoms with Gasteiger partial charge in [0.05, 0.1) is 25.4 Å². The molecule has 0 radical (unpaired) electrons. The van der Waals surface area contributed by atoms with Crippen molar-refractivity contribution in [2.45, 2.75) is 379 Å². The van der Waals surface area contributed by atoms with Crippen molar-refractivity contribution in [1.82, 2.24) is 5.32 Å². The molecule has 0 spiro atoms. The SMILES string of the molecule is CCCCCCCCCCCCCCCCCCCCCCCCCCCC(O)C(CO)NC(=O)CCCCCCCCCCCCCOC(=O)CCCCCCCCCCCCCCCCCC. The molecule has 0 saturated carbocycles. The van der Waals surface area contributed by atoms with Gasteiger partial charge in [0.15, 0.2) is 0 Å². The third-order valence-corrected chi connectivity index (χ3v) is 15.2. The predicted octanol–water partition coefficient (Wildman–Crippen LogP) is 19.9. The number of rotatable bonds is 60. The summed E-state index contributed by atoms with van der Waals surface area (Å²) in [7, 11) is 0. The van der Waals surface area contributed by atoms with Gasteiger partial charge in [-0.05, 0) is 25.7 Å². The molecular weight excluding hydrogens is 851 g/mol. The van der Waals surface area contributed by atoms with Crippen LogP contribution in [0.25, 0.3) is 0 Å². The molecule has 0 rings (SSSR count). The molecule has 6 heteroatoms. The number of carbonyl (C=O) groups excluding carboxylic acids is 2. The fourth-order valence-electron chi connectivity index (χ4n) is 10.3. The quantitative estimate of drug-likeness (QED) is 0.0417. The minimum absolute atomic E-state index is 0.00823. The lowest BCUT2D eigenvalue weighted by Crippen LogP contribution is -2.45. The van der Waals surface area contributed by atoms with Crippen molar-refractivity contribution < 1.29 is 24.5 Å². The van der Waals surface area contributed by atoms with E-state index in [0.29, 0.717) is 25.9 Å². The summed E-state index contributed by atoms with van der Waals surface area (Å²) in [5.74, 6) is -0.0563. The van der Waals surface area contributed by atoms with Gasteiger partial charge in [0.1, 0.15) is 0 Å². The van der Waals surface area contributed by atoms with E-state index in [1.165, 1.54) is 276 Å². The first-order valence-electron chi connectivity index (χ1n) is 31.8. The van der Waals surface area contributed by atoms with Crippen LogP contribution < -0.4 is 5.32 Å². The van der Waals surface area contributed by atoms with Crippen LogP contribution >= 0.6 is 0 Å². The Labute approximate surface area is 432 Å². The zero-order valence-electron chi connectivity index (χ0n) is 47.1. The summed E-state index contributed by atoms with van der Waals surface area (Å²) >= 11 is 0. The van der Waals surface area contributed by atoms with E-state index < -0.39 is 12.1 Å². The Hall–Kier alpha value is -1.14. The second-order valence-corrected chi connectivity index (χ2v) is 22.1. The third kappa shape index (κ3) is 56.0. The summed E-state index contributed by atoms with van der Waals surface area (Å²) in [5, 5.41) is 23.4. The highest BCUT2D eigenvalue weighted by molar-refractivity contribution is 5.76. The van der Waals surface area contributed by atoms with Gasteiger partial charge in [0, 0.05) is 12.8 Å². The molecule has 0 aromatic rings. The first-order chi connectivity index (χ1) is 34.0. The summed E-state index contributed by atoms with van der Waals surface area (Å²) in [6.45, 7) is 4.95. The summed E-state index contributed by atoms with van der Waals surface area (Å²) in [4.78, 5) is 24.6. The molecule has 0 aliphatic carbocycles. The van der Waals surface area contributed by atoms with Crippen LogP contribution in [0.5, 0.6) is 0 Å². The average molecular weight is 977 g/mol. The van der Waals surface area contributed by atoms with Gasteiger partial charge >= 0.3 is 5.97 Å². The Balaban J connectivity index is 3.42. The maximum absolute atomic E-state index is 12.5. The molecule has 0 aliphatic rings. The minimum Gasteiger partial charge on any atom is -0.466 e. The van der Waals surface area contributed by atoms with Crippen molar-refractivity contribution in [2.24, 2.45) is 0 Å². The molecule has 412 valence electrons. The van der Waals surface area contributed by atoms with Crippen molar-refractivity contribution >= 4 is 11.9 Å². The number of ether oxygens (including phenoxy) is 1. The molecule has 69 heavy (non-hydrogen) atoms. The fourth-order valence-corrected chi connectivity index (χ4v) is 10.3. The lowest BCUT2D eigenvalue weighted by molar-refractivity contribution is -0.143. The third-order valence-electron chi connectivity index (χ3n) is 15.2. The molecule has 0 aromatic carbocycles. The van der Waals surface area contributed by atoms with Crippen molar-refractivity contribution in [3.8, 4) is 0 Å². The average Bonchev–Trinajstić information content (AvgIpc) is 3.35. The van der Waals surface area contributed by atoms with Crippen molar-refractivity contribution in [1.29, 1.82) is 0 Å². The largest absolute Gasteiger partial charge is 0.466 e. The molecule has 0 heterocycles. The lowest BCUT2D eigenvalue weighted by atomic mass is 10.0. The monoisotopic (exact) mass is 976 g/mol. The number of carbonyl (C=O) groups is 2. The predicted molar refractivity (Wildman–Crippen MR) is 301 cm³/mol. The summed E-state index contributed by atoms with van der Waals surface area (Å²) in [6.07, 6.45) is 69.7. The van der Waals surface area contributed by atoms with E-state index in [1.54, 1.807) is 0 Å². The van der Waals surface area contributed by atoms with Gasteiger partial charge in [0.2, 0.25) is 5.91 Å². The number of hydrogen-bond acceptors (Lipinski definition) is 5. The molecule has 6 nitrogen and oxygen atoms in total. The van der Waals surface area contributed by atoms with E-state index in [-0.39, 0.29) is 18.5 Å². The smallest absolute Gasteiger partial charge is 0.305 e. The van der Waals surface area contributed by atoms with E-state index in [9.17, 15) is 19.8 Å². The maximum atomic E-state index is 12.5. The zero-order valence-corrected chi connectivity index (χ0v) is 47.1. The van der Waals surface area contributed by atoms with E-state index >= 15 is 0 Å². The molecular formula is C63H125NO5. The summed E-state index contributed by atoms with van der Waals surface area (Å²) in [5.41, 5.74) is 0. The number of unbranched alkanes of at least 4 members (excludes halogenated alkanes) is 49. The summed E-state index contributed by atoms with van der Waals surface area (Å²) in [6, 6.07) is -0.555. The van der Waals surface area contributed by atoms with Gasteiger partial charge in [0.25, 0.3) is 0 Å².